The standard InChI is InChI=1S/C12H16N4O3S/c1-3-16(6-4-5-13)12(19)14-8(2)10-15-9(7-20-10)11(17)18/h7-8H,3-4,6H2,1-2H3,(H,14,19)(H,17,18). The van der Waals surface area contributed by atoms with Gasteiger partial charge in [0, 0.05) is 18.5 Å². The zero-order chi connectivity index (χ0) is 15.1. The first-order valence-electron chi connectivity index (χ1n) is 6.10. The predicted molar refractivity (Wildman–Crippen MR) is 73.5 cm³/mol. The van der Waals surface area contributed by atoms with Gasteiger partial charge in [-0.1, -0.05) is 0 Å². The van der Waals surface area contributed by atoms with Crippen molar-refractivity contribution in [1.29, 1.82) is 5.26 Å². The van der Waals surface area contributed by atoms with Gasteiger partial charge in [0.25, 0.3) is 0 Å². The van der Waals surface area contributed by atoms with Gasteiger partial charge in [0.2, 0.25) is 0 Å². The molecule has 8 heteroatoms. The summed E-state index contributed by atoms with van der Waals surface area (Å²) in [5, 5.41) is 22.1. The van der Waals surface area contributed by atoms with Crippen LogP contribution in [-0.2, 0) is 0 Å². The number of amides is 2. The Morgan fingerprint density at radius 2 is 2.35 bits per heavy atom. The Bertz CT molecular complexity index is 523. The summed E-state index contributed by atoms with van der Waals surface area (Å²) in [5.41, 5.74) is -0.0251. The summed E-state index contributed by atoms with van der Waals surface area (Å²) in [7, 11) is 0. The average Bonchev–Trinajstić information content (AvgIpc) is 2.89. The first kappa shape index (κ1) is 15.9. The van der Waals surface area contributed by atoms with E-state index in [1.165, 1.54) is 21.6 Å². The van der Waals surface area contributed by atoms with Gasteiger partial charge in [-0.2, -0.15) is 5.26 Å². The Labute approximate surface area is 120 Å². The Balaban J connectivity index is 2.63. The number of nitriles is 1. The second-order valence-electron chi connectivity index (χ2n) is 4.04. The summed E-state index contributed by atoms with van der Waals surface area (Å²) in [6.07, 6.45) is 0.274. The van der Waals surface area contributed by atoms with E-state index < -0.39 is 5.97 Å². The summed E-state index contributed by atoms with van der Waals surface area (Å²) in [5.74, 6) is -1.09. The topological polar surface area (TPSA) is 106 Å². The van der Waals surface area contributed by atoms with Gasteiger partial charge in [0.1, 0.15) is 5.01 Å². The number of nitrogens with one attached hydrogen (secondary N) is 1. The van der Waals surface area contributed by atoms with Crippen LogP contribution in [-0.4, -0.2) is 40.1 Å². The molecule has 1 aromatic rings. The van der Waals surface area contributed by atoms with Gasteiger partial charge in [0.05, 0.1) is 18.5 Å². The largest absolute Gasteiger partial charge is 0.476 e. The number of urea groups is 1. The molecule has 0 bridgehead atoms. The fourth-order valence-corrected chi connectivity index (χ4v) is 2.31. The molecule has 2 N–H and O–H groups in total. The molecule has 7 nitrogen and oxygen atoms in total. The van der Waals surface area contributed by atoms with Crippen LogP contribution in [0.25, 0.3) is 0 Å². The Morgan fingerprint density at radius 1 is 1.65 bits per heavy atom. The fraction of sp³-hybridized carbons (Fsp3) is 0.500. The molecule has 0 aliphatic carbocycles. The highest BCUT2D eigenvalue weighted by Crippen LogP contribution is 2.18. The molecule has 1 heterocycles. The van der Waals surface area contributed by atoms with Gasteiger partial charge < -0.3 is 15.3 Å². The highest BCUT2D eigenvalue weighted by atomic mass is 32.1. The van der Waals surface area contributed by atoms with E-state index in [4.69, 9.17) is 10.4 Å². The van der Waals surface area contributed by atoms with E-state index in [9.17, 15) is 9.59 Å². The third-order valence-corrected chi connectivity index (χ3v) is 3.64. The van der Waals surface area contributed by atoms with E-state index in [0.29, 0.717) is 18.1 Å². The van der Waals surface area contributed by atoms with Crippen molar-refractivity contribution in [3.63, 3.8) is 0 Å². The number of hydrogen-bond donors (Lipinski definition) is 2. The van der Waals surface area contributed by atoms with Crippen LogP contribution in [0.1, 0.15) is 41.8 Å². The van der Waals surface area contributed by atoms with E-state index in [1.807, 2.05) is 13.0 Å². The number of carbonyl (C=O) groups is 2. The number of carboxylic acids is 1. The summed E-state index contributed by atoms with van der Waals surface area (Å²) in [4.78, 5) is 28.2. The molecule has 0 aromatic carbocycles. The van der Waals surface area contributed by atoms with Crippen LogP contribution in [0.15, 0.2) is 5.38 Å². The van der Waals surface area contributed by atoms with E-state index in [1.54, 1.807) is 6.92 Å². The van der Waals surface area contributed by atoms with Crippen LogP contribution < -0.4 is 5.32 Å². The van der Waals surface area contributed by atoms with Crippen molar-refractivity contribution >= 4 is 23.3 Å². The lowest BCUT2D eigenvalue weighted by Gasteiger charge is -2.22. The van der Waals surface area contributed by atoms with Crippen molar-refractivity contribution in [3.8, 4) is 6.07 Å². The summed E-state index contributed by atoms with van der Waals surface area (Å²) >= 11 is 1.19. The third kappa shape index (κ3) is 4.20. The van der Waals surface area contributed by atoms with Crippen LogP contribution in [0, 0.1) is 11.3 Å². The van der Waals surface area contributed by atoms with Gasteiger partial charge in [-0.05, 0) is 13.8 Å². The maximum Gasteiger partial charge on any atom is 0.355 e. The number of carbonyl (C=O) groups excluding carboxylic acids is 1. The van der Waals surface area contributed by atoms with E-state index in [0.717, 1.165) is 0 Å². The molecule has 1 atom stereocenters. The molecule has 1 unspecified atom stereocenters. The summed E-state index contributed by atoms with van der Waals surface area (Å²) < 4.78 is 0. The third-order valence-electron chi connectivity index (χ3n) is 2.61. The molecule has 0 radical (unpaired) electrons. The lowest BCUT2D eigenvalue weighted by atomic mass is 10.3. The predicted octanol–water partition coefficient (Wildman–Crippen LogP) is 1.85. The van der Waals surface area contributed by atoms with Crippen LogP contribution in [0.3, 0.4) is 0 Å². The molecule has 0 aliphatic rings. The second-order valence-corrected chi connectivity index (χ2v) is 4.92. The minimum absolute atomic E-state index is 0.0251. The molecule has 0 spiro atoms. The van der Waals surface area contributed by atoms with Crippen LogP contribution in [0.4, 0.5) is 4.79 Å². The SMILES string of the molecule is CCN(CCC#N)C(=O)NC(C)c1nc(C(=O)O)cs1. The lowest BCUT2D eigenvalue weighted by Crippen LogP contribution is -2.41. The molecule has 0 aliphatic heterocycles. The van der Waals surface area contributed by atoms with Gasteiger partial charge in [-0.15, -0.1) is 11.3 Å². The Morgan fingerprint density at radius 3 is 2.85 bits per heavy atom. The summed E-state index contributed by atoms with van der Waals surface area (Å²) in [6.45, 7) is 4.43. The average molecular weight is 296 g/mol. The molecule has 108 valence electrons. The van der Waals surface area contributed by atoms with E-state index >= 15 is 0 Å². The number of aromatic carboxylic acids is 1. The van der Waals surface area contributed by atoms with Gasteiger partial charge in [-0.25, -0.2) is 14.6 Å². The number of carboxylic acid groups (broad SMARTS) is 1. The minimum atomic E-state index is -1.09. The first-order valence-corrected chi connectivity index (χ1v) is 6.98. The molecule has 0 saturated carbocycles. The molecular formula is C12H16N4O3S. The van der Waals surface area contributed by atoms with Gasteiger partial charge in [0.15, 0.2) is 5.69 Å². The summed E-state index contributed by atoms with van der Waals surface area (Å²) in [6, 6.07) is 1.32. The van der Waals surface area contributed by atoms with Crippen molar-refractivity contribution in [3.05, 3.63) is 16.1 Å². The molecule has 1 aromatic heterocycles. The molecule has 0 fully saturated rings. The van der Waals surface area contributed by atoms with Crippen LogP contribution >= 0.6 is 11.3 Å². The number of aromatic nitrogens is 1. The zero-order valence-corrected chi connectivity index (χ0v) is 12.1. The Kier molecular flexibility index (Phi) is 5.93. The fourth-order valence-electron chi connectivity index (χ4n) is 1.51. The number of nitrogens with zero attached hydrogens (tertiary/aromatic N) is 3. The van der Waals surface area contributed by atoms with E-state index in [2.05, 4.69) is 10.3 Å². The molecule has 2 amide bonds. The number of hydrogen-bond acceptors (Lipinski definition) is 5. The maximum atomic E-state index is 12.0. The minimum Gasteiger partial charge on any atom is -0.476 e. The van der Waals surface area contributed by atoms with Crippen molar-refractivity contribution in [2.75, 3.05) is 13.1 Å². The zero-order valence-electron chi connectivity index (χ0n) is 11.3. The normalized spacial score (nSPS) is 11.4. The molecular weight excluding hydrogens is 280 g/mol. The molecule has 20 heavy (non-hydrogen) atoms. The van der Waals surface area contributed by atoms with E-state index in [-0.39, 0.29) is 24.2 Å². The maximum absolute atomic E-state index is 12.0. The quantitative estimate of drug-likeness (QED) is 0.833. The lowest BCUT2D eigenvalue weighted by molar-refractivity contribution is 0.0691. The van der Waals surface area contributed by atoms with Gasteiger partial charge >= 0.3 is 12.0 Å². The van der Waals surface area contributed by atoms with Gasteiger partial charge in [-0.3, -0.25) is 0 Å². The highest BCUT2D eigenvalue weighted by Gasteiger charge is 2.18. The van der Waals surface area contributed by atoms with Crippen molar-refractivity contribution in [2.45, 2.75) is 26.3 Å². The van der Waals surface area contributed by atoms with Crippen molar-refractivity contribution < 1.29 is 14.7 Å². The van der Waals surface area contributed by atoms with Crippen molar-refractivity contribution in [1.82, 2.24) is 15.2 Å². The van der Waals surface area contributed by atoms with Crippen LogP contribution in [0.5, 0.6) is 0 Å². The van der Waals surface area contributed by atoms with Crippen LogP contribution in [0.2, 0.25) is 0 Å². The van der Waals surface area contributed by atoms with Crippen molar-refractivity contribution in [2.24, 2.45) is 0 Å². The Hall–Kier alpha value is -2.14. The molecule has 1 rings (SSSR count). The first-order chi connectivity index (χ1) is 9.49. The molecule has 0 saturated heterocycles. The number of rotatable bonds is 6. The monoisotopic (exact) mass is 296 g/mol. The number of thiazole rings is 1. The smallest absolute Gasteiger partial charge is 0.355 e. The second kappa shape index (κ2) is 7.45. The highest BCUT2D eigenvalue weighted by molar-refractivity contribution is 7.09.